The van der Waals surface area contributed by atoms with Gasteiger partial charge in [-0.05, 0) is 42.8 Å². The number of nitrogens with zero attached hydrogens (tertiary/aromatic N) is 2. The van der Waals surface area contributed by atoms with Crippen LogP contribution in [0.4, 0.5) is 4.39 Å². The Morgan fingerprint density at radius 2 is 2.17 bits per heavy atom. The van der Waals surface area contributed by atoms with Crippen molar-refractivity contribution in [3.8, 4) is 0 Å². The van der Waals surface area contributed by atoms with E-state index < -0.39 is 0 Å². The van der Waals surface area contributed by atoms with E-state index in [0.29, 0.717) is 5.69 Å². The first kappa shape index (κ1) is 12.6. The summed E-state index contributed by atoms with van der Waals surface area (Å²) in [6.45, 7) is 4.71. The van der Waals surface area contributed by atoms with Crippen LogP contribution < -0.4 is 5.32 Å². The van der Waals surface area contributed by atoms with Crippen LogP contribution >= 0.6 is 0 Å². The van der Waals surface area contributed by atoms with Gasteiger partial charge in [-0.1, -0.05) is 6.92 Å². The highest BCUT2D eigenvalue weighted by Crippen LogP contribution is 2.24. The molecule has 0 radical (unpaired) electrons. The van der Waals surface area contributed by atoms with Gasteiger partial charge in [0.25, 0.3) is 0 Å². The first-order valence-corrected chi connectivity index (χ1v) is 5.98. The molecule has 0 aliphatic rings. The molecule has 0 fully saturated rings. The SMILES string of the molecule is CCNC(c1cnccc1C)c1ncccc1F. The van der Waals surface area contributed by atoms with E-state index in [4.69, 9.17) is 0 Å². The Balaban J connectivity index is 2.47. The largest absolute Gasteiger partial charge is 0.305 e. The van der Waals surface area contributed by atoms with Crippen LogP contribution in [-0.4, -0.2) is 16.5 Å². The highest BCUT2D eigenvalue weighted by Gasteiger charge is 2.19. The lowest BCUT2D eigenvalue weighted by Crippen LogP contribution is -2.24. The van der Waals surface area contributed by atoms with Crippen LogP contribution in [-0.2, 0) is 0 Å². The minimum atomic E-state index is -0.299. The lowest BCUT2D eigenvalue weighted by Gasteiger charge is -2.19. The number of nitrogens with one attached hydrogen (secondary N) is 1. The number of aryl methyl sites for hydroxylation is 1. The number of pyridine rings is 2. The van der Waals surface area contributed by atoms with E-state index in [1.807, 2.05) is 19.9 Å². The Hall–Kier alpha value is -1.81. The van der Waals surface area contributed by atoms with Gasteiger partial charge in [-0.15, -0.1) is 0 Å². The van der Waals surface area contributed by atoms with Gasteiger partial charge >= 0.3 is 0 Å². The minimum Gasteiger partial charge on any atom is -0.305 e. The number of hydrogen-bond acceptors (Lipinski definition) is 3. The van der Waals surface area contributed by atoms with E-state index in [0.717, 1.165) is 17.7 Å². The lowest BCUT2D eigenvalue weighted by molar-refractivity contribution is 0.540. The molecule has 0 aromatic carbocycles. The Morgan fingerprint density at radius 3 is 2.83 bits per heavy atom. The summed E-state index contributed by atoms with van der Waals surface area (Å²) < 4.78 is 13.9. The van der Waals surface area contributed by atoms with Crippen molar-refractivity contribution in [2.24, 2.45) is 0 Å². The van der Waals surface area contributed by atoms with Crippen LogP contribution in [0.5, 0.6) is 0 Å². The topological polar surface area (TPSA) is 37.8 Å². The van der Waals surface area contributed by atoms with Gasteiger partial charge in [0, 0.05) is 18.6 Å². The van der Waals surface area contributed by atoms with Crippen LogP contribution in [0.15, 0.2) is 36.8 Å². The Bertz CT molecular complexity index is 482. The predicted octanol–water partition coefficient (Wildman–Crippen LogP) is 2.62. The second-order valence-corrected chi connectivity index (χ2v) is 4.09. The van der Waals surface area contributed by atoms with Crippen molar-refractivity contribution in [3.05, 3.63) is 59.4 Å². The summed E-state index contributed by atoms with van der Waals surface area (Å²) in [7, 11) is 0. The van der Waals surface area contributed by atoms with Gasteiger partial charge in [0.1, 0.15) is 5.82 Å². The molecule has 18 heavy (non-hydrogen) atoms. The van der Waals surface area contributed by atoms with Crippen LogP contribution in [0, 0.1) is 12.7 Å². The van der Waals surface area contributed by atoms with E-state index in [2.05, 4.69) is 15.3 Å². The second-order valence-electron chi connectivity index (χ2n) is 4.09. The Kier molecular flexibility index (Phi) is 3.99. The summed E-state index contributed by atoms with van der Waals surface area (Å²) >= 11 is 0. The van der Waals surface area contributed by atoms with Crippen molar-refractivity contribution >= 4 is 0 Å². The quantitative estimate of drug-likeness (QED) is 0.899. The Labute approximate surface area is 106 Å². The molecule has 1 unspecified atom stereocenters. The highest BCUT2D eigenvalue weighted by molar-refractivity contribution is 5.32. The monoisotopic (exact) mass is 245 g/mol. The smallest absolute Gasteiger partial charge is 0.146 e. The van der Waals surface area contributed by atoms with Gasteiger partial charge in [-0.25, -0.2) is 4.39 Å². The standard InChI is InChI=1S/C14H16FN3/c1-3-17-13(11-9-16-8-6-10(11)2)14-12(15)5-4-7-18-14/h4-9,13,17H,3H2,1-2H3. The van der Waals surface area contributed by atoms with Crippen molar-refractivity contribution in [1.82, 2.24) is 15.3 Å². The first-order valence-electron chi connectivity index (χ1n) is 5.98. The average Bonchev–Trinajstić information content (AvgIpc) is 2.38. The maximum Gasteiger partial charge on any atom is 0.146 e. The molecule has 0 bridgehead atoms. The first-order chi connectivity index (χ1) is 8.74. The maximum atomic E-state index is 13.9. The number of hydrogen-bond donors (Lipinski definition) is 1. The molecule has 2 aromatic rings. The summed E-state index contributed by atoms with van der Waals surface area (Å²) in [6, 6.07) is 4.68. The van der Waals surface area contributed by atoms with Crippen LogP contribution in [0.3, 0.4) is 0 Å². The number of aromatic nitrogens is 2. The molecule has 2 aromatic heterocycles. The van der Waals surface area contributed by atoms with Crippen LogP contribution in [0.2, 0.25) is 0 Å². The third-order valence-electron chi connectivity index (χ3n) is 2.86. The number of halogens is 1. The maximum absolute atomic E-state index is 13.9. The van der Waals surface area contributed by atoms with Crippen molar-refractivity contribution in [3.63, 3.8) is 0 Å². The van der Waals surface area contributed by atoms with E-state index in [9.17, 15) is 4.39 Å². The van der Waals surface area contributed by atoms with Crippen LogP contribution in [0.1, 0.15) is 29.8 Å². The fraction of sp³-hybridized carbons (Fsp3) is 0.286. The minimum absolute atomic E-state index is 0.259. The molecule has 0 aliphatic carbocycles. The van der Waals surface area contributed by atoms with E-state index in [-0.39, 0.29) is 11.9 Å². The fourth-order valence-corrected chi connectivity index (χ4v) is 1.95. The van der Waals surface area contributed by atoms with E-state index in [1.54, 1.807) is 24.7 Å². The summed E-state index contributed by atoms with van der Waals surface area (Å²) in [5, 5.41) is 3.25. The zero-order valence-electron chi connectivity index (χ0n) is 10.5. The van der Waals surface area contributed by atoms with Gasteiger partial charge in [0.05, 0.1) is 11.7 Å². The van der Waals surface area contributed by atoms with Gasteiger partial charge in [0.2, 0.25) is 0 Å². The summed E-state index contributed by atoms with van der Waals surface area (Å²) in [5.41, 5.74) is 2.44. The molecule has 0 saturated heterocycles. The van der Waals surface area contributed by atoms with Crippen molar-refractivity contribution in [2.45, 2.75) is 19.9 Å². The highest BCUT2D eigenvalue weighted by atomic mass is 19.1. The molecule has 1 atom stereocenters. The van der Waals surface area contributed by atoms with Crippen LogP contribution in [0.25, 0.3) is 0 Å². The molecule has 94 valence electrons. The molecule has 0 saturated carbocycles. The zero-order chi connectivity index (χ0) is 13.0. The molecule has 3 nitrogen and oxygen atoms in total. The fourth-order valence-electron chi connectivity index (χ4n) is 1.95. The van der Waals surface area contributed by atoms with Crippen molar-refractivity contribution in [1.29, 1.82) is 0 Å². The van der Waals surface area contributed by atoms with Gasteiger partial charge in [0.15, 0.2) is 0 Å². The molecule has 1 N–H and O–H groups in total. The predicted molar refractivity (Wildman–Crippen MR) is 68.7 cm³/mol. The molecule has 0 spiro atoms. The summed E-state index contributed by atoms with van der Waals surface area (Å²) in [4.78, 5) is 8.26. The second kappa shape index (κ2) is 5.69. The average molecular weight is 245 g/mol. The molecule has 2 rings (SSSR count). The Morgan fingerprint density at radius 1 is 1.33 bits per heavy atom. The third kappa shape index (κ3) is 2.54. The summed E-state index contributed by atoms with van der Waals surface area (Å²) in [6.07, 6.45) is 5.10. The molecule has 0 amide bonds. The van der Waals surface area contributed by atoms with Gasteiger partial charge < -0.3 is 5.32 Å². The van der Waals surface area contributed by atoms with Gasteiger partial charge in [-0.3, -0.25) is 9.97 Å². The van der Waals surface area contributed by atoms with Crippen molar-refractivity contribution < 1.29 is 4.39 Å². The lowest BCUT2D eigenvalue weighted by atomic mass is 10.00. The molecule has 2 heterocycles. The summed E-state index contributed by atoms with van der Waals surface area (Å²) in [5.74, 6) is -0.299. The van der Waals surface area contributed by atoms with E-state index in [1.165, 1.54) is 6.07 Å². The third-order valence-corrected chi connectivity index (χ3v) is 2.86. The molecule has 0 aliphatic heterocycles. The molecular weight excluding hydrogens is 229 g/mol. The zero-order valence-corrected chi connectivity index (χ0v) is 10.5. The molecular formula is C14H16FN3. The van der Waals surface area contributed by atoms with Crippen molar-refractivity contribution in [2.75, 3.05) is 6.54 Å². The molecule has 4 heteroatoms. The normalized spacial score (nSPS) is 12.4. The van der Waals surface area contributed by atoms with E-state index >= 15 is 0 Å². The van der Waals surface area contributed by atoms with Gasteiger partial charge in [-0.2, -0.15) is 0 Å². The number of rotatable bonds is 4.